The second-order valence-electron chi connectivity index (χ2n) is 9.83. The molecule has 1 fully saturated rings. The van der Waals surface area contributed by atoms with Crippen LogP contribution in [-0.4, -0.2) is 29.8 Å². The van der Waals surface area contributed by atoms with E-state index in [2.05, 4.69) is 26.1 Å². The normalized spacial score (nSPS) is 19.1. The van der Waals surface area contributed by atoms with E-state index in [4.69, 9.17) is 0 Å². The SMILES string of the molecule is CC(C)(C)[C@@H]1CCc2c(sc(NC(=O)c3ccc(F)cc3)c2C(=O)N2CCCCC2)C1. The highest BCUT2D eigenvalue weighted by Gasteiger charge is 2.35. The molecule has 0 spiro atoms. The molecule has 0 bridgehead atoms. The Balaban J connectivity index is 1.67. The minimum absolute atomic E-state index is 0.0424. The number of carbonyl (C=O) groups is 2. The maximum absolute atomic E-state index is 13.5. The van der Waals surface area contributed by atoms with Crippen LogP contribution in [0.15, 0.2) is 24.3 Å². The second kappa shape index (κ2) is 8.73. The van der Waals surface area contributed by atoms with Gasteiger partial charge in [0.2, 0.25) is 0 Å². The summed E-state index contributed by atoms with van der Waals surface area (Å²) < 4.78 is 13.3. The second-order valence-corrected chi connectivity index (χ2v) is 10.9. The molecule has 4 rings (SSSR count). The molecule has 2 heterocycles. The Morgan fingerprint density at radius 3 is 2.42 bits per heavy atom. The lowest BCUT2D eigenvalue weighted by Gasteiger charge is -2.34. The lowest BCUT2D eigenvalue weighted by molar-refractivity contribution is 0.0724. The summed E-state index contributed by atoms with van der Waals surface area (Å²) in [5.74, 6) is -0.0889. The van der Waals surface area contributed by atoms with Gasteiger partial charge in [-0.15, -0.1) is 11.3 Å². The van der Waals surface area contributed by atoms with Gasteiger partial charge in [0.05, 0.1) is 5.56 Å². The largest absolute Gasteiger partial charge is 0.339 e. The third-order valence-electron chi connectivity index (χ3n) is 6.68. The Morgan fingerprint density at radius 2 is 1.77 bits per heavy atom. The predicted octanol–water partition coefficient (Wildman–Crippen LogP) is 5.92. The quantitative estimate of drug-likeness (QED) is 0.642. The number of benzene rings is 1. The monoisotopic (exact) mass is 442 g/mol. The van der Waals surface area contributed by atoms with Gasteiger partial charge in [0.15, 0.2) is 0 Å². The van der Waals surface area contributed by atoms with E-state index in [0.717, 1.165) is 57.2 Å². The van der Waals surface area contributed by atoms with Crippen LogP contribution in [0.25, 0.3) is 0 Å². The van der Waals surface area contributed by atoms with Crippen LogP contribution in [0.1, 0.15) is 77.6 Å². The van der Waals surface area contributed by atoms with Crippen LogP contribution >= 0.6 is 11.3 Å². The van der Waals surface area contributed by atoms with Crippen LogP contribution in [0.4, 0.5) is 9.39 Å². The van der Waals surface area contributed by atoms with Gasteiger partial charge >= 0.3 is 0 Å². The summed E-state index contributed by atoms with van der Waals surface area (Å²) in [6.45, 7) is 8.37. The van der Waals surface area contributed by atoms with Crippen molar-refractivity contribution < 1.29 is 14.0 Å². The zero-order valence-corrected chi connectivity index (χ0v) is 19.4. The number of likely N-dealkylation sites (tertiary alicyclic amines) is 1. The summed E-state index contributed by atoms with van der Waals surface area (Å²) >= 11 is 1.55. The first-order chi connectivity index (χ1) is 14.7. The summed E-state index contributed by atoms with van der Waals surface area (Å²) in [7, 11) is 0. The predicted molar refractivity (Wildman–Crippen MR) is 123 cm³/mol. The van der Waals surface area contributed by atoms with E-state index < -0.39 is 0 Å². The molecule has 2 aliphatic rings. The molecule has 1 N–H and O–H groups in total. The van der Waals surface area contributed by atoms with Crippen LogP contribution in [0, 0.1) is 17.2 Å². The standard InChI is InChI=1S/C25H31FN2O2S/c1-25(2,3)17-9-12-19-20(15-17)31-23(21(19)24(30)28-13-5-4-6-14-28)27-22(29)16-7-10-18(26)11-8-16/h7-8,10-11,17H,4-6,9,12-15H2,1-3H3,(H,27,29)/t17-/m1/s1. The molecule has 1 aliphatic carbocycles. The number of hydrogen-bond acceptors (Lipinski definition) is 3. The molecule has 166 valence electrons. The smallest absolute Gasteiger partial charge is 0.257 e. The Kier molecular flexibility index (Phi) is 6.20. The van der Waals surface area contributed by atoms with Gasteiger partial charge in [-0.1, -0.05) is 20.8 Å². The van der Waals surface area contributed by atoms with E-state index in [9.17, 15) is 14.0 Å². The van der Waals surface area contributed by atoms with E-state index in [1.165, 1.54) is 29.1 Å². The van der Waals surface area contributed by atoms with Crippen molar-refractivity contribution in [2.75, 3.05) is 18.4 Å². The highest BCUT2D eigenvalue weighted by atomic mass is 32.1. The van der Waals surface area contributed by atoms with Gasteiger partial charge < -0.3 is 10.2 Å². The van der Waals surface area contributed by atoms with Gasteiger partial charge in [0, 0.05) is 23.5 Å². The number of piperidine rings is 1. The maximum Gasteiger partial charge on any atom is 0.257 e. The summed E-state index contributed by atoms with van der Waals surface area (Å²) in [6.07, 6.45) is 6.08. The fourth-order valence-corrected chi connectivity index (χ4v) is 5.99. The van der Waals surface area contributed by atoms with Crippen LogP contribution in [0.5, 0.6) is 0 Å². The number of carbonyl (C=O) groups excluding carboxylic acids is 2. The molecule has 4 nitrogen and oxygen atoms in total. The molecule has 2 aromatic rings. The van der Waals surface area contributed by atoms with Gasteiger partial charge in [-0.3, -0.25) is 9.59 Å². The fraction of sp³-hybridized carbons (Fsp3) is 0.520. The summed E-state index contributed by atoms with van der Waals surface area (Å²) in [5, 5.41) is 3.63. The molecule has 6 heteroatoms. The maximum atomic E-state index is 13.5. The summed E-state index contributed by atoms with van der Waals surface area (Å²) in [4.78, 5) is 29.6. The molecule has 1 aromatic carbocycles. The molecule has 0 radical (unpaired) electrons. The molecule has 1 aromatic heterocycles. The number of amides is 2. The molecule has 2 amide bonds. The lowest BCUT2D eigenvalue weighted by atomic mass is 9.72. The molecule has 0 saturated carbocycles. The average Bonchev–Trinajstić information content (AvgIpc) is 3.10. The number of anilines is 1. The molecule has 1 aliphatic heterocycles. The molecular formula is C25H31FN2O2S. The zero-order chi connectivity index (χ0) is 22.2. The van der Waals surface area contributed by atoms with Crippen molar-refractivity contribution in [3.8, 4) is 0 Å². The van der Waals surface area contributed by atoms with E-state index in [1.54, 1.807) is 11.3 Å². The number of nitrogens with zero attached hydrogens (tertiary/aromatic N) is 1. The van der Waals surface area contributed by atoms with Gasteiger partial charge in [-0.2, -0.15) is 0 Å². The first-order valence-electron chi connectivity index (χ1n) is 11.2. The summed E-state index contributed by atoms with van der Waals surface area (Å²) in [6, 6.07) is 5.50. The lowest BCUT2D eigenvalue weighted by Crippen LogP contribution is -2.36. The highest BCUT2D eigenvalue weighted by molar-refractivity contribution is 7.17. The van der Waals surface area contributed by atoms with Crippen molar-refractivity contribution in [1.29, 1.82) is 0 Å². The van der Waals surface area contributed by atoms with E-state index in [0.29, 0.717) is 22.0 Å². The number of thiophene rings is 1. The number of hydrogen-bond donors (Lipinski definition) is 1. The number of halogens is 1. The Labute approximate surface area is 187 Å². The van der Waals surface area contributed by atoms with Crippen LogP contribution in [0.2, 0.25) is 0 Å². The van der Waals surface area contributed by atoms with Crippen molar-refractivity contribution >= 4 is 28.2 Å². The number of nitrogens with one attached hydrogen (secondary N) is 1. The molecule has 1 atom stereocenters. The van der Waals surface area contributed by atoms with Crippen molar-refractivity contribution in [3.05, 3.63) is 51.7 Å². The first-order valence-corrected chi connectivity index (χ1v) is 12.1. The molecular weight excluding hydrogens is 411 g/mol. The Bertz CT molecular complexity index is 969. The van der Waals surface area contributed by atoms with Crippen LogP contribution in [-0.2, 0) is 12.8 Å². The first kappa shape index (κ1) is 22.0. The van der Waals surface area contributed by atoms with Crippen LogP contribution in [0.3, 0.4) is 0 Å². The van der Waals surface area contributed by atoms with E-state index in [1.807, 2.05) is 4.90 Å². The van der Waals surface area contributed by atoms with Crippen LogP contribution < -0.4 is 5.32 Å². The minimum atomic E-state index is -0.377. The topological polar surface area (TPSA) is 49.4 Å². The van der Waals surface area contributed by atoms with Crippen molar-refractivity contribution in [2.45, 2.75) is 59.3 Å². The van der Waals surface area contributed by atoms with Crippen molar-refractivity contribution in [2.24, 2.45) is 11.3 Å². The zero-order valence-electron chi connectivity index (χ0n) is 18.6. The third kappa shape index (κ3) is 4.69. The van der Waals surface area contributed by atoms with Gasteiger partial charge in [-0.05, 0) is 79.7 Å². The molecule has 31 heavy (non-hydrogen) atoms. The van der Waals surface area contributed by atoms with E-state index in [-0.39, 0.29) is 23.0 Å². The molecule has 1 saturated heterocycles. The summed E-state index contributed by atoms with van der Waals surface area (Å²) in [5.41, 5.74) is 2.40. The van der Waals surface area contributed by atoms with Gasteiger partial charge in [0.25, 0.3) is 11.8 Å². The van der Waals surface area contributed by atoms with E-state index >= 15 is 0 Å². The number of rotatable bonds is 3. The molecule has 0 unspecified atom stereocenters. The average molecular weight is 443 g/mol. The Hall–Kier alpha value is -2.21. The van der Waals surface area contributed by atoms with Gasteiger partial charge in [0.1, 0.15) is 10.8 Å². The van der Waals surface area contributed by atoms with Crippen molar-refractivity contribution in [1.82, 2.24) is 4.90 Å². The Morgan fingerprint density at radius 1 is 1.10 bits per heavy atom. The minimum Gasteiger partial charge on any atom is -0.339 e. The van der Waals surface area contributed by atoms with Gasteiger partial charge in [-0.25, -0.2) is 4.39 Å². The van der Waals surface area contributed by atoms with Crippen molar-refractivity contribution in [3.63, 3.8) is 0 Å². The number of fused-ring (bicyclic) bond motifs is 1. The highest BCUT2D eigenvalue weighted by Crippen LogP contribution is 2.45. The third-order valence-corrected chi connectivity index (χ3v) is 7.85. The fourth-order valence-electron chi connectivity index (χ4n) is 4.67.